The molecule has 1 unspecified atom stereocenters. The Morgan fingerprint density at radius 3 is 2.20 bits per heavy atom. The lowest BCUT2D eigenvalue weighted by Gasteiger charge is -2.37. The van der Waals surface area contributed by atoms with E-state index in [0.717, 1.165) is 24.4 Å². The number of benzene rings is 3. The van der Waals surface area contributed by atoms with Gasteiger partial charge in [-0.05, 0) is 54.8 Å². The summed E-state index contributed by atoms with van der Waals surface area (Å²) in [5, 5.41) is 9.35. The van der Waals surface area contributed by atoms with Gasteiger partial charge in [-0.1, -0.05) is 72.8 Å². The summed E-state index contributed by atoms with van der Waals surface area (Å²) in [6.45, 7) is 2.07. The van der Waals surface area contributed by atoms with Crippen LogP contribution in [-0.4, -0.2) is 29.1 Å². The monoisotopic (exact) mass is 401 g/mol. The Morgan fingerprint density at radius 1 is 0.900 bits per heavy atom. The van der Waals surface area contributed by atoms with Crippen molar-refractivity contribution >= 4 is 5.97 Å². The molecule has 0 spiro atoms. The van der Waals surface area contributed by atoms with E-state index in [0.29, 0.717) is 19.4 Å². The van der Waals surface area contributed by atoms with Crippen molar-refractivity contribution in [2.45, 2.75) is 25.5 Å². The van der Waals surface area contributed by atoms with Gasteiger partial charge in [0.15, 0.2) is 0 Å². The Balaban J connectivity index is 1.56. The molecule has 1 fully saturated rings. The predicted octanol–water partition coefficient (Wildman–Crippen LogP) is 5.15. The lowest BCUT2D eigenvalue weighted by atomic mass is 9.91. The molecule has 4 rings (SSSR count). The van der Waals surface area contributed by atoms with E-state index < -0.39 is 5.97 Å². The number of ether oxygens (including phenoxy) is 1. The van der Waals surface area contributed by atoms with Crippen LogP contribution >= 0.6 is 0 Å². The van der Waals surface area contributed by atoms with Crippen molar-refractivity contribution in [2.75, 3.05) is 13.1 Å². The molecular weight excluding hydrogens is 374 g/mol. The molecule has 1 heterocycles. The molecule has 4 nitrogen and oxygen atoms in total. The summed E-state index contributed by atoms with van der Waals surface area (Å²) in [6.07, 6.45) is 1.37. The number of likely N-dealkylation sites (tertiary alicyclic amines) is 1. The third kappa shape index (κ3) is 4.89. The first-order valence-electron chi connectivity index (χ1n) is 10.5. The number of piperidine rings is 1. The van der Waals surface area contributed by atoms with E-state index in [1.807, 2.05) is 36.4 Å². The second kappa shape index (κ2) is 9.59. The predicted molar refractivity (Wildman–Crippen MR) is 117 cm³/mol. The molecule has 1 N–H and O–H groups in total. The normalized spacial score (nSPS) is 16.1. The molecule has 4 heteroatoms. The second-order valence-electron chi connectivity index (χ2n) is 7.81. The van der Waals surface area contributed by atoms with E-state index in [9.17, 15) is 9.90 Å². The Kier molecular flexibility index (Phi) is 6.45. The van der Waals surface area contributed by atoms with Crippen LogP contribution in [0.5, 0.6) is 5.75 Å². The SMILES string of the molecule is O=C(O)C1CCN(C(c2ccccc2)c2cccc(OCc3ccccc3)c2)CC1. The number of carboxylic acids is 1. The highest BCUT2D eigenvalue weighted by Gasteiger charge is 2.30. The van der Waals surface area contributed by atoms with Crippen molar-refractivity contribution < 1.29 is 14.6 Å². The number of carbonyl (C=O) groups is 1. The number of carboxylic acid groups (broad SMARTS) is 1. The topological polar surface area (TPSA) is 49.8 Å². The van der Waals surface area contributed by atoms with Gasteiger partial charge in [-0.15, -0.1) is 0 Å². The Hall–Kier alpha value is -3.11. The molecule has 0 saturated carbocycles. The molecule has 0 aromatic heterocycles. The first kappa shape index (κ1) is 20.2. The summed E-state index contributed by atoms with van der Waals surface area (Å²) in [4.78, 5) is 13.8. The summed E-state index contributed by atoms with van der Waals surface area (Å²) >= 11 is 0. The lowest BCUT2D eigenvalue weighted by molar-refractivity contribution is -0.143. The molecular formula is C26H27NO3. The van der Waals surface area contributed by atoms with Gasteiger partial charge in [-0.2, -0.15) is 0 Å². The van der Waals surface area contributed by atoms with E-state index in [-0.39, 0.29) is 12.0 Å². The fraction of sp³-hybridized carbons (Fsp3) is 0.269. The summed E-state index contributed by atoms with van der Waals surface area (Å²) in [6, 6.07) is 28.9. The minimum absolute atomic E-state index is 0.0845. The van der Waals surface area contributed by atoms with Crippen LogP contribution in [0.2, 0.25) is 0 Å². The average molecular weight is 402 g/mol. The quantitative estimate of drug-likeness (QED) is 0.595. The smallest absolute Gasteiger partial charge is 0.306 e. The van der Waals surface area contributed by atoms with Gasteiger partial charge in [-0.25, -0.2) is 0 Å². The summed E-state index contributed by atoms with van der Waals surface area (Å²) in [5.41, 5.74) is 3.52. The van der Waals surface area contributed by atoms with Gasteiger partial charge in [0.05, 0.1) is 12.0 Å². The van der Waals surface area contributed by atoms with Crippen LogP contribution < -0.4 is 4.74 Å². The van der Waals surface area contributed by atoms with Gasteiger partial charge in [0, 0.05) is 0 Å². The van der Waals surface area contributed by atoms with Crippen LogP contribution in [0.4, 0.5) is 0 Å². The molecule has 1 aliphatic heterocycles. The zero-order valence-electron chi connectivity index (χ0n) is 17.0. The number of aliphatic carboxylic acids is 1. The van der Waals surface area contributed by atoms with E-state index in [4.69, 9.17) is 4.74 Å². The maximum atomic E-state index is 11.4. The maximum Gasteiger partial charge on any atom is 0.306 e. The Labute approximate surface area is 177 Å². The van der Waals surface area contributed by atoms with Gasteiger partial charge in [-0.3, -0.25) is 9.69 Å². The van der Waals surface area contributed by atoms with Gasteiger partial charge in [0.25, 0.3) is 0 Å². The zero-order valence-corrected chi connectivity index (χ0v) is 17.0. The Morgan fingerprint density at radius 2 is 1.53 bits per heavy atom. The van der Waals surface area contributed by atoms with Crippen molar-refractivity contribution in [3.05, 3.63) is 102 Å². The van der Waals surface area contributed by atoms with Gasteiger partial charge >= 0.3 is 5.97 Å². The molecule has 1 aliphatic rings. The van der Waals surface area contributed by atoms with Crippen LogP contribution in [0.15, 0.2) is 84.9 Å². The van der Waals surface area contributed by atoms with E-state index in [2.05, 4.69) is 53.4 Å². The highest BCUT2D eigenvalue weighted by atomic mass is 16.5. The molecule has 0 amide bonds. The highest BCUT2D eigenvalue weighted by Crippen LogP contribution is 2.34. The number of hydrogen-bond acceptors (Lipinski definition) is 3. The van der Waals surface area contributed by atoms with Crippen molar-refractivity contribution in [2.24, 2.45) is 5.92 Å². The fourth-order valence-corrected chi connectivity index (χ4v) is 4.17. The molecule has 0 bridgehead atoms. The van der Waals surface area contributed by atoms with E-state index in [1.54, 1.807) is 0 Å². The van der Waals surface area contributed by atoms with Crippen LogP contribution in [-0.2, 0) is 11.4 Å². The average Bonchev–Trinajstić information content (AvgIpc) is 2.80. The molecule has 154 valence electrons. The second-order valence-corrected chi connectivity index (χ2v) is 7.81. The number of nitrogens with zero attached hydrogens (tertiary/aromatic N) is 1. The third-order valence-electron chi connectivity index (χ3n) is 5.78. The number of hydrogen-bond donors (Lipinski definition) is 1. The molecule has 3 aromatic rings. The standard InChI is InChI=1S/C26H27NO3/c28-26(29)22-14-16-27(17-15-22)25(21-10-5-2-6-11-21)23-12-7-13-24(18-23)30-19-20-8-3-1-4-9-20/h1-13,18,22,25H,14-17,19H2,(H,28,29). The van der Waals surface area contributed by atoms with Crippen LogP contribution in [0, 0.1) is 5.92 Å². The molecule has 0 aliphatic carbocycles. The van der Waals surface area contributed by atoms with Crippen LogP contribution in [0.1, 0.15) is 35.6 Å². The maximum absolute atomic E-state index is 11.4. The van der Waals surface area contributed by atoms with Crippen molar-refractivity contribution in [1.29, 1.82) is 0 Å². The molecule has 3 aromatic carbocycles. The first-order chi connectivity index (χ1) is 14.7. The van der Waals surface area contributed by atoms with Crippen molar-refractivity contribution in [1.82, 2.24) is 4.90 Å². The number of rotatable bonds is 7. The minimum Gasteiger partial charge on any atom is -0.489 e. The molecule has 0 radical (unpaired) electrons. The van der Waals surface area contributed by atoms with E-state index >= 15 is 0 Å². The Bertz CT molecular complexity index is 950. The largest absolute Gasteiger partial charge is 0.489 e. The minimum atomic E-state index is -0.678. The summed E-state index contributed by atoms with van der Waals surface area (Å²) in [5.74, 6) is -0.0712. The highest BCUT2D eigenvalue weighted by molar-refractivity contribution is 5.70. The third-order valence-corrected chi connectivity index (χ3v) is 5.78. The lowest BCUT2D eigenvalue weighted by Crippen LogP contribution is -2.39. The van der Waals surface area contributed by atoms with E-state index in [1.165, 1.54) is 11.1 Å². The fourth-order valence-electron chi connectivity index (χ4n) is 4.17. The first-order valence-corrected chi connectivity index (χ1v) is 10.5. The summed E-state index contributed by atoms with van der Waals surface area (Å²) < 4.78 is 6.06. The van der Waals surface area contributed by atoms with Gasteiger partial charge in [0.2, 0.25) is 0 Å². The van der Waals surface area contributed by atoms with Gasteiger partial charge < -0.3 is 9.84 Å². The molecule has 30 heavy (non-hydrogen) atoms. The van der Waals surface area contributed by atoms with Gasteiger partial charge in [0.1, 0.15) is 12.4 Å². The molecule has 1 atom stereocenters. The van der Waals surface area contributed by atoms with Crippen molar-refractivity contribution in [3.8, 4) is 5.75 Å². The summed E-state index contributed by atoms with van der Waals surface area (Å²) in [7, 11) is 0. The zero-order chi connectivity index (χ0) is 20.8. The van der Waals surface area contributed by atoms with Crippen LogP contribution in [0.3, 0.4) is 0 Å². The van der Waals surface area contributed by atoms with Crippen LogP contribution in [0.25, 0.3) is 0 Å². The molecule has 1 saturated heterocycles. The van der Waals surface area contributed by atoms with Crippen molar-refractivity contribution in [3.63, 3.8) is 0 Å².